The van der Waals surface area contributed by atoms with Crippen molar-refractivity contribution in [2.24, 2.45) is 0 Å². The number of aryl methyl sites for hydroxylation is 1. The minimum absolute atomic E-state index is 0.0517. The summed E-state index contributed by atoms with van der Waals surface area (Å²) < 4.78 is 0. The Morgan fingerprint density at radius 2 is 2.18 bits per heavy atom. The molecule has 1 aromatic heterocycles. The van der Waals surface area contributed by atoms with Crippen LogP contribution in [0.1, 0.15) is 12.6 Å². The van der Waals surface area contributed by atoms with Crippen LogP contribution >= 0.6 is 0 Å². The predicted molar refractivity (Wildman–Crippen MR) is 67.3 cm³/mol. The van der Waals surface area contributed by atoms with Crippen molar-refractivity contribution in [3.05, 3.63) is 27.9 Å². The fraction of sp³-hybridized carbons (Fsp3) is 0.545. The van der Waals surface area contributed by atoms with Crippen LogP contribution in [0.2, 0.25) is 0 Å². The Balaban J connectivity index is 2.74. The molecule has 0 aliphatic rings. The summed E-state index contributed by atoms with van der Waals surface area (Å²) in [5, 5.41) is 13.8. The predicted octanol–water partition coefficient (Wildman–Crippen LogP) is 1.66. The van der Waals surface area contributed by atoms with Crippen LogP contribution in [0.15, 0.2) is 12.1 Å². The van der Waals surface area contributed by atoms with E-state index in [0.717, 1.165) is 6.54 Å². The summed E-state index contributed by atoms with van der Waals surface area (Å²) in [6.45, 7) is 4.55. The highest BCUT2D eigenvalue weighted by atomic mass is 16.6. The van der Waals surface area contributed by atoms with Gasteiger partial charge in [0.15, 0.2) is 0 Å². The maximum atomic E-state index is 10.6. The van der Waals surface area contributed by atoms with Crippen LogP contribution < -0.4 is 5.32 Å². The van der Waals surface area contributed by atoms with Crippen molar-refractivity contribution >= 4 is 11.5 Å². The van der Waals surface area contributed by atoms with Crippen LogP contribution in [0, 0.1) is 17.0 Å². The summed E-state index contributed by atoms with van der Waals surface area (Å²) in [4.78, 5) is 16.5. The smallest absolute Gasteiger partial charge is 0.290 e. The summed E-state index contributed by atoms with van der Waals surface area (Å²) in [6.07, 6.45) is 0. The van der Waals surface area contributed by atoms with E-state index in [-0.39, 0.29) is 11.7 Å². The first-order valence-electron chi connectivity index (χ1n) is 5.43. The molecule has 1 aromatic rings. The number of anilines is 1. The molecule has 6 heteroatoms. The third-order valence-corrected chi connectivity index (χ3v) is 2.29. The number of hydrogen-bond acceptors (Lipinski definition) is 5. The summed E-state index contributed by atoms with van der Waals surface area (Å²) >= 11 is 0. The van der Waals surface area contributed by atoms with Gasteiger partial charge in [-0.25, -0.2) is 4.98 Å². The number of rotatable bonds is 5. The van der Waals surface area contributed by atoms with Crippen molar-refractivity contribution in [1.29, 1.82) is 0 Å². The van der Waals surface area contributed by atoms with Crippen molar-refractivity contribution in [3.63, 3.8) is 0 Å². The highest BCUT2D eigenvalue weighted by Crippen LogP contribution is 2.18. The Hall–Kier alpha value is -1.69. The fourth-order valence-corrected chi connectivity index (χ4v) is 1.67. The van der Waals surface area contributed by atoms with Crippen molar-refractivity contribution in [3.8, 4) is 0 Å². The van der Waals surface area contributed by atoms with Crippen LogP contribution in [-0.2, 0) is 0 Å². The second-order valence-corrected chi connectivity index (χ2v) is 4.37. The molecule has 17 heavy (non-hydrogen) atoms. The third-order valence-electron chi connectivity index (χ3n) is 2.29. The van der Waals surface area contributed by atoms with Gasteiger partial charge in [0.25, 0.3) is 5.69 Å². The molecule has 1 rings (SSSR count). The highest BCUT2D eigenvalue weighted by Gasteiger charge is 2.12. The van der Waals surface area contributed by atoms with Gasteiger partial charge in [-0.3, -0.25) is 10.1 Å². The third kappa shape index (κ3) is 3.99. The molecule has 0 fully saturated rings. The van der Waals surface area contributed by atoms with E-state index in [9.17, 15) is 10.1 Å². The van der Waals surface area contributed by atoms with Gasteiger partial charge in [-0.15, -0.1) is 0 Å². The molecule has 1 atom stereocenters. The topological polar surface area (TPSA) is 71.3 Å². The van der Waals surface area contributed by atoms with Crippen molar-refractivity contribution in [1.82, 2.24) is 9.88 Å². The van der Waals surface area contributed by atoms with E-state index in [2.05, 4.69) is 15.2 Å². The molecule has 0 aromatic carbocycles. The molecular formula is C11H18N4O2. The highest BCUT2D eigenvalue weighted by molar-refractivity contribution is 5.45. The van der Waals surface area contributed by atoms with Gasteiger partial charge in [-0.1, -0.05) is 0 Å². The number of nitrogens with one attached hydrogen (secondary N) is 1. The number of pyridine rings is 1. The first kappa shape index (κ1) is 13.4. The monoisotopic (exact) mass is 238 g/mol. The molecular weight excluding hydrogens is 220 g/mol. The molecule has 0 bridgehead atoms. The zero-order valence-electron chi connectivity index (χ0n) is 10.6. The first-order valence-corrected chi connectivity index (χ1v) is 5.43. The molecule has 0 radical (unpaired) electrons. The van der Waals surface area contributed by atoms with Gasteiger partial charge in [0.05, 0.1) is 4.92 Å². The summed E-state index contributed by atoms with van der Waals surface area (Å²) in [7, 11) is 3.99. The number of likely N-dealkylation sites (N-methyl/N-ethyl adjacent to an activating group) is 1. The lowest BCUT2D eigenvalue weighted by Crippen LogP contribution is -2.30. The van der Waals surface area contributed by atoms with Crippen LogP contribution in [-0.4, -0.2) is 41.5 Å². The lowest BCUT2D eigenvalue weighted by Gasteiger charge is -2.18. The average Bonchev–Trinajstić information content (AvgIpc) is 2.15. The van der Waals surface area contributed by atoms with E-state index in [1.165, 1.54) is 6.07 Å². The zero-order chi connectivity index (χ0) is 13.0. The lowest BCUT2D eigenvalue weighted by atomic mass is 10.3. The van der Waals surface area contributed by atoms with Gasteiger partial charge in [0, 0.05) is 18.7 Å². The molecule has 0 amide bonds. The van der Waals surface area contributed by atoms with Gasteiger partial charge in [-0.2, -0.15) is 0 Å². The Kier molecular flexibility index (Phi) is 4.39. The van der Waals surface area contributed by atoms with Crippen molar-refractivity contribution in [2.75, 3.05) is 26.0 Å². The van der Waals surface area contributed by atoms with Gasteiger partial charge in [0.1, 0.15) is 11.5 Å². The number of nitro groups is 1. The largest absolute Gasteiger partial charge is 0.366 e. The summed E-state index contributed by atoms with van der Waals surface area (Å²) in [6, 6.07) is 3.35. The maximum absolute atomic E-state index is 10.6. The molecule has 0 aliphatic carbocycles. The minimum atomic E-state index is -0.421. The molecule has 1 N–H and O–H groups in total. The van der Waals surface area contributed by atoms with E-state index in [1.807, 2.05) is 21.0 Å². The molecule has 0 aliphatic heterocycles. The fourth-order valence-electron chi connectivity index (χ4n) is 1.67. The van der Waals surface area contributed by atoms with Crippen molar-refractivity contribution in [2.45, 2.75) is 19.9 Å². The number of aromatic nitrogens is 1. The molecule has 0 saturated heterocycles. The van der Waals surface area contributed by atoms with Crippen LogP contribution in [0.3, 0.4) is 0 Å². The van der Waals surface area contributed by atoms with Crippen LogP contribution in [0.4, 0.5) is 11.5 Å². The normalized spacial score (nSPS) is 12.5. The van der Waals surface area contributed by atoms with E-state index < -0.39 is 4.92 Å². The van der Waals surface area contributed by atoms with Gasteiger partial charge in [-0.05, 0) is 34.0 Å². The van der Waals surface area contributed by atoms with E-state index in [0.29, 0.717) is 11.5 Å². The second kappa shape index (κ2) is 5.58. The standard InChI is InChI=1S/C11H18N4O2/c1-8(7-14(3)4)12-11-6-5-10(15(16)17)9(2)13-11/h5-6,8H,7H2,1-4H3,(H,12,13). The molecule has 1 heterocycles. The Bertz CT molecular complexity index is 406. The maximum Gasteiger partial charge on any atom is 0.290 e. The molecule has 0 spiro atoms. The number of hydrogen-bond donors (Lipinski definition) is 1. The van der Waals surface area contributed by atoms with E-state index in [1.54, 1.807) is 13.0 Å². The minimum Gasteiger partial charge on any atom is -0.366 e. The average molecular weight is 238 g/mol. The first-order chi connectivity index (χ1) is 7.90. The van der Waals surface area contributed by atoms with E-state index >= 15 is 0 Å². The van der Waals surface area contributed by atoms with Gasteiger partial charge in [0.2, 0.25) is 0 Å². The van der Waals surface area contributed by atoms with E-state index in [4.69, 9.17) is 0 Å². The van der Waals surface area contributed by atoms with Gasteiger partial charge >= 0.3 is 0 Å². The Labute approximate surface area is 101 Å². The SMILES string of the molecule is Cc1nc(NC(C)CN(C)C)ccc1[N+](=O)[O-]. The van der Waals surface area contributed by atoms with Gasteiger partial charge < -0.3 is 10.2 Å². The Morgan fingerprint density at radius 3 is 2.65 bits per heavy atom. The molecule has 94 valence electrons. The van der Waals surface area contributed by atoms with Crippen LogP contribution in [0.25, 0.3) is 0 Å². The molecule has 1 unspecified atom stereocenters. The number of nitrogens with zero attached hydrogens (tertiary/aromatic N) is 3. The van der Waals surface area contributed by atoms with Crippen molar-refractivity contribution < 1.29 is 4.92 Å². The zero-order valence-corrected chi connectivity index (χ0v) is 10.6. The summed E-state index contributed by atoms with van der Waals surface area (Å²) in [5.74, 6) is 0.669. The Morgan fingerprint density at radius 1 is 1.53 bits per heavy atom. The quantitative estimate of drug-likeness (QED) is 0.624. The lowest BCUT2D eigenvalue weighted by molar-refractivity contribution is -0.385. The summed E-state index contributed by atoms with van der Waals surface area (Å²) in [5.41, 5.74) is 0.480. The molecule has 0 saturated carbocycles. The molecule has 6 nitrogen and oxygen atoms in total. The van der Waals surface area contributed by atoms with Crippen LogP contribution in [0.5, 0.6) is 0 Å². The second-order valence-electron chi connectivity index (χ2n) is 4.37.